The number of aromatic nitrogens is 3. The van der Waals surface area contributed by atoms with Crippen molar-refractivity contribution in [3.05, 3.63) is 87.1 Å². The minimum Gasteiger partial charge on any atom is -0.349 e. The summed E-state index contributed by atoms with van der Waals surface area (Å²) in [5, 5.41) is 6.19. The molecule has 3 atom stereocenters. The molecule has 4 rings (SSSR count). The van der Waals surface area contributed by atoms with Gasteiger partial charge in [-0.05, 0) is 36.2 Å². The van der Waals surface area contributed by atoms with Crippen LogP contribution in [0.15, 0.2) is 53.3 Å². The Hall–Kier alpha value is -3.16. The fourth-order valence-corrected chi connectivity index (χ4v) is 4.06. The van der Waals surface area contributed by atoms with E-state index in [9.17, 15) is 31.1 Å². The number of hydrogen-bond donors (Lipinski definition) is 2. The lowest BCUT2D eigenvalue weighted by Gasteiger charge is -2.41. The summed E-state index contributed by atoms with van der Waals surface area (Å²) in [5.41, 5.74) is -2.87. The van der Waals surface area contributed by atoms with Crippen LogP contribution in [0.5, 0.6) is 0 Å². The molecular formula is C23H22F6N4O3. The minimum atomic E-state index is -4.97. The third kappa shape index (κ3) is 5.97. The van der Waals surface area contributed by atoms with Crippen molar-refractivity contribution < 1.29 is 35.8 Å². The topological polar surface area (TPSA) is 83.2 Å². The van der Waals surface area contributed by atoms with Crippen molar-refractivity contribution in [3.8, 4) is 0 Å². The molecule has 3 aromatic rings. The van der Waals surface area contributed by atoms with Gasteiger partial charge < -0.3 is 9.47 Å². The number of halogens is 6. The van der Waals surface area contributed by atoms with Crippen molar-refractivity contribution in [2.24, 2.45) is 0 Å². The van der Waals surface area contributed by atoms with Crippen molar-refractivity contribution in [2.75, 3.05) is 13.2 Å². The molecule has 36 heavy (non-hydrogen) atoms. The summed E-state index contributed by atoms with van der Waals surface area (Å²) in [5.74, 6) is 0.349. The summed E-state index contributed by atoms with van der Waals surface area (Å²) >= 11 is 0. The summed E-state index contributed by atoms with van der Waals surface area (Å²) < 4.78 is 91.7. The molecule has 0 radical (unpaired) electrons. The predicted octanol–water partition coefficient (Wildman–Crippen LogP) is 4.81. The van der Waals surface area contributed by atoms with Crippen LogP contribution in [0.1, 0.15) is 47.1 Å². The van der Waals surface area contributed by atoms with Crippen LogP contribution in [0, 0.1) is 0 Å². The molecule has 2 aromatic carbocycles. The lowest BCUT2D eigenvalue weighted by molar-refractivity contribution is -0.231. The van der Waals surface area contributed by atoms with Gasteiger partial charge in [0.05, 0.1) is 36.4 Å². The van der Waals surface area contributed by atoms with Gasteiger partial charge in [0.15, 0.2) is 6.29 Å². The normalized spacial score (nSPS) is 20.4. The van der Waals surface area contributed by atoms with E-state index < -0.39 is 47.6 Å². The minimum absolute atomic E-state index is 0.0759. The summed E-state index contributed by atoms with van der Waals surface area (Å²) in [7, 11) is 0. The SMILES string of the molecule is C[C@@H](O[C@H]1OCCN(Cc2n[nH]c(=O)[nH]2)[C@@H]1c1ccccc1)c1cc(C(F)(F)F)cc(C(F)(F)F)c1. The van der Waals surface area contributed by atoms with Crippen molar-refractivity contribution in [1.29, 1.82) is 0 Å². The van der Waals surface area contributed by atoms with Crippen molar-refractivity contribution in [3.63, 3.8) is 0 Å². The quantitative estimate of drug-likeness (QED) is 0.460. The summed E-state index contributed by atoms with van der Waals surface area (Å²) in [6.07, 6.45) is -12.2. The van der Waals surface area contributed by atoms with Gasteiger partial charge in [0.2, 0.25) is 0 Å². The Kier molecular flexibility index (Phi) is 7.25. The van der Waals surface area contributed by atoms with Crippen molar-refractivity contribution in [2.45, 2.75) is 44.3 Å². The van der Waals surface area contributed by atoms with E-state index in [0.29, 0.717) is 24.5 Å². The lowest BCUT2D eigenvalue weighted by Crippen LogP contribution is -2.46. The standard InChI is InChI=1S/C23H22F6N4O3/c1-13(15-9-16(22(24,25)26)11-17(10-15)23(27,28)29)36-20-19(14-5-3-2-4-6-14)33(7-8-35-20)12-18-30-21(34)32-31-18/h2-6,9-11,13,19-20H,7-8,12H2,1H3,(H2,30,31,32,34)/t13-,19-,20-/m1/s1. The van der Waals surface area contributed by atoms with Gasteiger partial charge >= 0.3 is 18.0 Å². The van der Waals surface area contributed by atoms with Gasteiger partial charge in [-0.2, -0.15) is 31.4 Å². The fourth-order valence-electron chi connectivity index (χ4n) is 4.06. The molecule has 1 aliphatic rings. The lowest BCUT2D eigenvalue weighted by atomic mass is 10.0. The molecule has 1 fully saturated rings. The van der Waals surface area contributed by atoms with E-state index in [0.717, 1.165) is 5.56 Å². The molecule has 1 aromatic heterocycles. The van der Waals surface area contributed by atoms with Gasteiger partial charge in [-0.25, -0.2) is 9.89 Å². The summed E-state index contributed by atoms with van der Waals surface area (Å²) in [4.78, 5) is 15.9. The van der Waals surface area contributed by atoms with E-state index in [-0.39, 0.29) is 24.8 Å². The first kappa shape index (κ1) is 25.9. The molecule has 1 aliphatic heterocycles. The highest BCUT2D eigenvalue weighted by Crippen LogP contribution is 2.39. The predicted molar refractivity (Wildman–Crippen MR) is 114 cm³/mol. The Bertz CT molecular complexity index is 1190. The van der Waals surface area contributed by atoms with Crippen LogP contribution in [-0.4, -0.2) is 39.5 Å². The van der Waals surface area contributed by atoms with E-state index >= 15 is 0 Å². The first-order valence-electron chi connectivity index (χ1n) is 10.9. The molecule has 7 nitrogen and oxygen atoms in total. The Morgan fingerprint density at radius 2 is 1.72 bits per heavy atom. The zero-order valence-electron chi connectivity index (χ0n) is 18.9. The molecular weight excluding hydrogens is 494 g/mol. The van der Waals surface area contributed by atoms with Gasteiger partial charge in [0.1, 0.15) is 5.82 Å². The summed E-state index contributed by atoms with van der Waals surface area (Å²) in [6.45, 7) is 2.14. The third-order valence-electron chi connectivity index (χ3n) is 5.77. The summed E-state index contributed by atoms with van der Waals surface area (Å²) in [6, 6.07) is 9.73. The zero-order valence-corrected chi connectivity index (χ0v) is 18.9. The second kappa shape index (κ2) is 10.1. The number of nitrogens with zero attached hydrogens (tertiary/aromatic N) is 2. The fraction of sp³-hybridized carbons (Fsp3) is 0.391. The number of nitrogens with one attached hydrogen (secondary N) is 2. The molecule has 0 bridgehead atoms. The molecule has 0 aliphatic carbocycles. The van der Waals surface area contributed by atoms with E-state index in [2.05, 4.69) is 15.2 Å². The molecule has 0 amide bonds. The molecule has 13 heteroatoms. The highest BCUT2D eigenvalue weighted by Gasteiger charge is 2.39. The van der Waals surface area contributed by atoms with Crippen LogP contribution in [-0.2, 0) is 28.4 Å². The number of alkyl halides is 6. The van der Waals surface area contributed by atoms with Gasteiger partial charge in [-0.3, -0.25) is 9.88 Å². The van der Waals surface area contributed by atoms with Crippen LogP contribution in [0.2, 0.25) is 0 Å². The van der Waals surface area contributed by atoms with Gasteiger partial charge in [-0.15, -0.1) is 0 Å². The Morgan fingerprint density at radius 1 is 1.08 bits per heavy atom. The molecule has 2 N–H and O–H groups in total. The number of benzene rings is 2. The average molecular weight is 516 g/mol. The van der Waals surface area contributed by atoms with E-state index in [1.54, 1.807) is 30.3 Å². The number of aromatic amines is 2. The number of H-pyrrole nitrogens is 2. The molecule has 1 saturated heterocycles. The molecule has 0 spiro atoms. The maximum atomic E-state index is 13.3. The van der Waals surface area contributed by atoms with E-state index in [1.165, 1.54) is 6.92 Å². The van der Waals surface area contributed by atoms with E-state index in [1.807, 2.05) is 4.90 Å². The third-order valence-corrected chi connectivity index (χ3v) is 5.77. The van der Waals surface area contributed by atoms with Gasteiger partial charge in [-0.1, -0.05) is 30.3 Å². The maximum absolute atomic E-state index is 13.3. The molecule has 0 unspecified atom stereocenters. The van der Waals surface area contributed by atoms with E-state index in [4.69, 9.17) is 9.47 Å². The average Bonchev–Trinajstić information content (AvgIpc) is 3.23. The van der Waals surface area contributed by atoms with Crippen molar-refractivity contribution in [1.82, 2.24) is 20.1 Å². The van der Waals surface area contributed by atoms with Gasteiger partial charge in [0, 0.05) is 6.54 Å². The molecule has 194 valence electrons. The van der Waals surface area contributed by atoms with Crippen LogP contribution >= 0.6 is 0 Å². The van der Waals surface area contributed by atoms with Crippen LogP contribution in [0.3, 0.4) is 0 Å². The highest BCUT2D eigenvalue weighted by atomic mass is 19.4. The Morgan fingerprint density at radius 3 is 2.28 bits per heavy atom. The first-order valence-corrected chi connectivity index (χ1v) is 10.9. The second-order valence-corrected chi connectivity index (χ2v) is 8.31. The first-order chi connectivity index (χ1) is 16.9. The number of morpholine rings is 1. The number of ether oxygens (including phenoxy) is 2. The highest BCUT2D eigenvalue weighted by molar-refractivity contribution is 5.34. The van der Waals surface area contributed by atoms with Crippen molar-refractivity contribution >= 4 is 0 Å². The second-order valence-electron chi connectivity index (χ2n) is 8.31. The Balaban J connectivity index is 1.65. The Labute approximate surface area is 201 Å². The van der Waals surface area contributed by atoms with Crippen LogP contribution in [0.4, 0.5) is 26.3 Å². The monoisotopic (exact) mass is 516 g/mol. The number of hydrogen-bond acceptors (Lipinski definition) is 5. The van der Waals surface area contributed by atoms with Gasteiger partial charge in [0.25, 0.3) is 0 Å². The zero-order chi connectivity index (χ0) is 26.1. The van der Waals surface area contributed by atoms with Crippen LogP contribution < -0.4 is 5.69 Å². The van der Waals surface area contributed by atoms with Crippen LogP contribution in [0.25, 0.3) is 0 Å². The smallest absolute Gasteiger partial charge is 0.349 e. The molecule has 2 heterocycles. The maximum Gasteiger partial charge on any atom is 0.416 e. The molecule has 0 saturated carbocycles. The number of rotatable bonds is 6. The largest absolute Gasteiger partial charge is 0.416 e.